The summed E-state index contributed by atoms with van der Waals surface area (Å²) in [6.45, 7) is 3.60. The number of benzene rings is 1. The number of thiophene rings is 1. The molecular weight excluding hydrogens is 525 g/mol. The monoisotopic (exact) mass is 547 g/mol. The van der Waals surface area contributed by atoms with Crippen molar-refractivity contribution in [2.75, 3.05) is 32.4 Å². The van der Waals surface area contributed by atoms with E-state index in [2.05, 4.69) is 7.05 Å². The number of fused-ring (bicyclic) bond motifs is 1. The summed E-state index contributed by atoms with van der Waals surface area (Å²) < 4.78 is 3.55. The second-order valence-electron chi connectivity index (χ2n) is 7.35. The van der Waals surface area contributed by atoms with Gasteiger partial charge in [0, 0.05) is 5.02 Å². The van der Waals surface area contributed by atoms with Crippen LogP contribution < -0.4 is 29.5 Å². The van der Waals surface area contributed by atoms with Gasteiger partial charge in [0.15, 0.2) is 5.16 Å². The van der Waals surface area contributed by atoms with Crippen molar-refractivity contribution in [3.8, 4) is 5.69 Å². The van der Waals surface area contributed by atoms with Crippen molar-refractivity contribution < 1.29 is 28.5 Å². The molecule has 2 aromatic heterocycles. The largest absolute Gasteiger partial charge is 1.00 e. The molecule has 150 valence electrons. The second-order valence-corrected chi connectivity index (χ2v) is 9.76. The van der Waals surface area contributed by atoms with Crippen molar-refractivity contribution in [3.05, 3.63) is 51.1 Å². The number of hydrogen-bond donors (Lipinski definition) is 0. The molecule has 3 heterocycles. The van der Waals surface area contributed by atoms with Crippen LogP contribution in [-0.4, -0.2) is 46.5 Å². The van der Waals surface area contributed by atoms with Gasteiger partial charge in [-0.25, -0.2) is 4.98 Å². The summed E-state index contributed by atoms with van der Waals surface area (Å²) in [5.74, 6) is 0.951. The van der Waals surface area contributed by atoms with Crippen molar-refractivity contribution in [2.45, 2.75) is 24.4 Å². The average molecular weight is 548 g/mol. The van der Waals surface area contributed by atoms with E-state index in [-0.39, 0.29) is 29.5 Å². The fourth-order valence-corrected chi connectivity index (χ4v) is 5.74. The molecule has 8 heteroatoms. The van der Waals surface area contributed by atoms with Gasteiger partial charge in [0.05, 0.1) is 43.6 Å². The van der Waals surface area contributed by atoms with Gasteiger partial charge in [-0.15, -0.1) is 11.3 Å². The fraction of sp³-hybridized carbons (Fsp3) is 0.400. The Morgan fingerprint density at radius 3 is 2.61 bits per heavy atom. The second kappa shape index (κ2) is 9.47. The zero-order valence-electron chi connectivity index (χ0n) is 15.7. The molecule has 4 rings (SSSR count). The van der Waals surface area contributed by atoms with Crippen LogP contribution in [0.15, 0.2) is 45.7 Å². The summed E-state index contributed by atoms with van der Waals surface area (Å²) in [5, 5.41) is 3.35. The molecule has 0 saturated carbocycles. The SMILES string of the molecule is C[N+]1(CCSc2nc3ccsc3c(=O)n2-c2ccc(Cl)cc2)CCCCC1.[I-]. The smallest absolute Gasteiger partial charge is 0.276 e. The average Bonchev–Trinajstić information content (AvgIpc) is 3.12. The van der Waals surface area contributed by atoms with Crippen molar-refractivity contribution in [3.63, 3.8) is 0 Å². The standard InChI is InChI=1S/C20H23ClN3OS2.HI/c1-24(10-3-2-4-11-24)12-14-27-20-22-17-9-13-26-18(17)19(25)23(20)16-7-5-15(21)6-8-16;/h5-9,13H,2-4,10-12,14H2,1H3;1H/q+1;/p-1. The third-order valence-corrected chi connectivity index (χ3v) is 7.35. The maximum absolute atomic E-state index is 13.1. The minimum Gasteiger partial charge on any atom is -1.00 e. The van der Waals surface area contributed by atoms with E-state index in [4.69, 9.17) is 16.6 Å². The molecule has 0 spiro atoms. The van der Waals surface area contributed by atoms with Crippen LogP contribution in [0.5, 0.6) is 0 Å². The van der Waals surface area contributed by atoms with E-state index in [1.54, 1.807) is 16.3 Å². The highest BCUT2D eigenvalue weighted by Gasteiger charge is 2.24. The normalized spacial score (nSPS) is 16.1. The molecule has 1 aliphatic rings. The molecule has 1 saturated heterocycles. The lowest BCUT2D eigenvalue weighted by Gasteiger charge is -2.37. The maximum atomic E-state index is 13.1. The highest BCUT2D eigenvalue weighted by molar-refractivity contribution is 7.99. The first-order chi connectivity index (χ1) is 13.1. The van der Waals surface area contributed by atoms with Gasteiger partial charge in [-0.1, -0.05) is 23.4 Å². The molecule has 1 fully saturated rings. The van der Waals surface area contributed by atoms with Gasteiger partial charge in [-0.05, 0) is 55.0 Å². The van der Waals surface area contributed by atoms with Gasteiger partial charge < -0.3 is 28.5 Å². The number of piperidine rings is 1. The van der Waals surface area contributed by atoms with Crippen LogP contribution in [0.2, 0.25) is 5.02 Å². The van der Waals surface area contributed by atoms with E-state index in [0.717, 1.165) is 33.1 Å². The Hall–Kier alpha value is -0.610. The molecule has 0 radical (unpaired) electrons. The first-order valence-corrected chi connectivity index (χ1v) is 11.5. The molecule has 0 N–H and O–H groups in total. The molecule has 0 aliphatic carbocycles. The predicted molar refractivity (Wildman–Crippen MR) is 116 cm³/mol. The van der Waals surface area contributed by atoms with Crippen LogP contribution in [0.3, 0.4) is 0 Å². The Morgan fingerprint density at radius 1 is 1.18 bits per heavy atom. The van der Waals surface area contributed by atoms with Crippen molar-refractivity contribution >= 4 is 44.9 Å². The molecule has 1 aliphatic heterocycles. The Kier molecular flexibility index (Phi) is 7.47. The quantitative estimate of drug-likeness (QED) is 0.212. The van der Waals surface area contributed by atoms with Gasteiger partial charge in [-0.3, -0.25) is 9.36 Å². The zero-order valence-corrected chi connectivity index (χ0v) is 20.3. The molecule has 4 nitrogen and oxygen atoms in total. The minimum atomic E-state index is -0.00168. The molecule has 0 unspecified atom stereocenters. The number of quaternary nitrogens is 1. The molecule has 0 amide bonds. The number of thioether (sulfide) groups is 1. The Morgan fingerprint density at radius 2 is 1.89 bits per heavy atom. The third kappa shape index (κ3) is 4.75. The molecule has 0 bridgehead atoms. The van der Waals surface area contributed by atoms with Crippen LogP contribution >= 0.6 is 34.7 Å². The van der Waals surface area contributed by atoms with Crippen molar-refractivity contribution in [1.82, 2.24) is 9.55 Å². The Balaban J connectivity index is 0.00000225. The van der Waals surface area contributed by atoms with Gasteiger partial charge >= 0.3 is 0 Å². The third-order valence-electron chi connectivity index (χ3n) is 5.29. The van der Waals surface area contributed by atoms with Crippen molar-refractivity contribution in [2.24, 2.45) is 0 Å². The maximum Gasteiger partial charge on any atom is 0.276 e. The molecule has 1 aromatic carbocycles. The van der Waals surface area contributed by atoms with Gasteiger partial charge in [0.1, 0.15) is 4.70 Å². The number of hydrogen-bond acceptors (Lipinski definition) is 4. The number of nitrogens with zero attached hydrogens (tertiary/aromatic N) is 3. The van der Waals surface area contributed by atoms with Crippen molar-refractivity contribution in [1.29, 1.82) is 0 Å². The number of aromatic nitrogens is 2. The summed E-state index contributed by atoms with van der Waals surface area (Å²) in [6.07, 6.45) is 3.99. The molecule has 3 aromatic rings. The fourth-order valence-electron chi connectivity index (χ4n) is 3.66. The lowest BCUT2D eigenvalue weighted by atomic mass is 10.1. The molecule has 0 atom stereocenters. The van der Waals surface area contributed by atoms with E-state index >= 15 is 0 Å². The van der Waals surface area contributed by atoms with E-state index in [1.807, 2.05) is 35.7 Å². The Labute approximate surface area is 195 Å². The summed E-state index contributed by atoms with van der Waals surface area (Å²) in [7, 11) is 2.35. The van der Waals surface area contributed by atoms with Crippen LogP contribution in [0.1, 0.15) is 19.3 Å². The molecule has 28 heavy (non-hydrogen) atoms. The summed E-state index contributed by atoms with van der Waals surface area (Å²) in [6, 6.07) is 9.32. The first kappa shape index (κ1) is 22.1. The van der Waals surface area contributed by atoms with E-state index in [9.17, 15) is 4.79 Å². The van der Waals surface area contributed by atoms with E-state index in [1.165, 1.54) is 43.7 Å². The zero-order chi connectivity index (χ0) is 18.9. The summed E-state index contributed by atoms with van der Waals surface area (Å²) in [5.41, 5.74) is 1.60. The first-order valence-electron chi connectivity index (χ1n) is 9.28. The highest BCUT2D eigenvalue weighted by atomic mass is 127. The topological polar surface area (TPSA) is 34.9 Å². The summed E-state index contributed by atoms with van der Waals surface area (Å²) in [4.78, 5) is 17.9. The van der Waals surface area contributed by atoms with Crippen LogP contribution in [0.25, 0.3) is 15.9 Å². The highest BCUT2D eigenvalue weighted by Crippen LogP contribution is 2.25. The Bertz CT molecular complexity index is 997. The lowest BCUT2D eigenvalue weighted by Crippen LogP contribution is -3.00. The van der Waals surface area contributed by atoms with Gasteiger partial charge in [-0.2, -0.15) is 0 Å². The summed E-state index contributed by atoms with van der Waals surface area (Å²) >= 11 is 9.16. The van der Waals surface area contributed by atoms with E-state index in [0.29, 0.717) is 9.72 Å². The molecular formula is C20H23ClIN3OS2. The van der Waals surface area contributed by atoms with Crippen LogP contribution in [0.4, 0.5) is 0 Å². The number of likely N-dealkylation sites (tertiary alicyclic amines) is 1. The predicted octanol–water partition coefficient (Wildman–Crippen LogP) is 1.83. The van der Waals surface area contributed by atoms with Gasteiger partial charge in [0.25, 0.3) is 5.56 Å². The van der Waals surface area contributed by atoms with Gasteiger partial charge in [0.2, 0.25) is 0 Å². The van der Waals surface area contributed by atoms with Crippen LogP contribution in [-0.2, 0) is 0 Å². The number of rotatable bonds is 5. The minimum absolute atomic E-state index is 0. The number of halogens is 2. The van der Waals surface area contributed by atoms with E-state index < -0.39 is 0 Å². The lowest BCUT2D eigenvalue weighted by molar-refractivity contribution is -0.911. The van der Waals surface area contributed by atoms with Crippen LogP contribution in [0, 0.1) is 0 Å².